The number of ether oxygens (including phenoxy) is 1. The van der Waals surface area contributed by atoms with E-state index in [9.17, 15) is 14.9 Å². The molecule has 0 spiro atoms. The summed E-state index contributed by atoms with van der Waals surface area (Å²) in [7, 11) is 0. The molecule has 0 radical (unpaired) electrons. The van der Waals surface area contributed by atoms with E-state index in [2.05, 4.69) is 41.4 Å². The molecule has 0 saturated carbocycles. The Hall–Kier alpha value is -3.77. The summed E-state index contributed by atoms with van der Waals surface area (Å²) in [4.78, 5) is 33.0. The van der Waals surface area contributed by atoms with Crippen LogP contribution in [0.25, 0.3) is 0 Å². The van der Waals surface area contributed by atoms with E-state index in [4.69, 9.17) is 10.5 Å². The number of primary amides is 1. The number of benzene rings is 2. The number of amides is 1. The monoisotopic (exact) mass is 513 g/mol. The van der Waals surface area contributed by atoms with Crippen LogP contribution >= 0.6 is 15.9 Å². The zero-order valence-corrected chi connectivity index (χ0v) is 18.9. The highest BCUT2D eigenvalue weighted by Crippen LogP contribution is 2.32. The molecule has 1 saturated heterocycles. The summed E-state index contributed by atoms with van der Waals surface area (Å²) < 4.78 is 6.49. The number of carbonyl (C=O) groups is 1. The largest absolute Gasteiger partial charge is 0.437 e. The minimum Gasteiger partial charge on any atom is -0.437 e. The first-order chi connectivity index (χ1) is 15.9. The molecular weight excluding hydrogens is 494 g/mol. The maximum Gasteiger partial charge on any atom is 0.273 e. The normalized spacial score (nSPS) is 13.4. The number of non-ortho nitro benzene ring substituents is 1. The van der Waals surface area contributed by atoms with Gasteiger partial charge in [-0.3, -0.25) is 14.9 Å². The number of nitro benzene ring substituents is 1. The lowest BCUT2D eigenvalue weighted by atomic mass is 10.2. The van der Waals surface area contributed by atoms with Gasteiger partial charge in [0.1, 0.15) is 5.75 Å². The summed E-state index contributed by atoms with van der Waals surface area (Å²) in [6.07, 6.45) is 1.23. The number of carbonyl (C=O) groups excluding carboxylic acids is 1. The highest BCUT2D eigenvalue weighted by molar-refractivity contribution is 9.10. The van der Waals surface area contributed by atoms with E-state index < -0.39 is 10.8 Å². The van der Waals surface area contributed by atoms with Gasteiger partial charge < -0.3 is 26.0 Å². The van der Waals surface area contributed by atoms with Crippen molar-refractivity contribution in [1.82, 2.24) is 15.3 Å². The second-order valence-corrected chi connectivity index (χ2v) is 8.01. The Bertz CT molecular complexity index is 1200. The molecule has 12 heteroatoms. The van der Waals surface area contributed by atoms with Crippen molar-refractivity contribution in [3.63, 3.8) is 0 Å². The number of nitrogens with one attached hydrogen (secondary N) is 2. The Balaban J connectivity index is 1.58. The van der Waals surface area contributed by atoms with Crippen molar-refractivity contribution in [2.45, 2.75) is 0 Å². The second-order valence-electron chi connectivity index (χ2n) is 7.15. The zero-order valence-electron chi connectivity index (χ0n) is 17.3. The predicted octanol–water partition coefficient (Wildman–Crippen LogP) is 3.19. The van der Waals surface area contributed by atoms with E-state index in [1.54, 1.807) is 6.07 Å². The molecule has 1 aliphatic heterocycles. The highest BCUT2D eigenvalue weighted by Gasteiger charge is 2.17. The van der Waals surface area contributed by atoms with Crippen LogP contribution in [-0.4, -0.2) is 47.0 Å². The van der Waals surface area contributed by atoms with Crippen molar-refractivity contribution < 1.29 is 14.5 Å². The van der Waals surface area contributed by atoms with Gasteiger partial charge in [0.25, 0.3) is 11.6 Å². The van der Waals surface area contributed by atoms with Crippen LogP contribution in [0.2, 0.25) is 0 Å². The molecule has 4 N–H and O–H groups in total. The van der Waals surface area contributed by atoms with Crippen LogP contribution in [0.4, 0.5) is 22.9 Å². The minimum absolute atomic E-state index is 0.0412. The van der Waals surface area contributed by atoms with Crippen LogP contribution in [-0.2, 0) is 0 Å². The Kier molecular flexibility index (Phi) is 6.66. The summed E-state index contributed by atoms with van der Waals surface area (Å²) in [5, 5.41) is 17.4. The Morgan fingerprint density at radius 3 is 2.73 bits per heavy atom. The lowest BCUT2D eigenvalue weighted by molar-refractivity contribution is -0.384. The first-order valence-electron chi connectivity index (χ1n) is 10.0. The summed E-state index contributed by atoms with van der Waals surface area (Å²) >= 11 is 3.61. The molecule has 3 aromatic rings. The van der Waals surface area contributed by atoms with E-state index in [0.717, 1.165) is 36.3 Å². The number of halogens is 1. The van der Waals surface area contributed by atoms with Gasteiger partial charge in [0, 0.05) is 42.4 Å². The molecule has 1 aliphatic rings. The number of piperazine rings is 1. The van der Waals surface area contributed by atoms with Crippen LogP contribution in [0.3, 0.4) is 0 Å². The molecule has 170 valence electrons. The summed E-state index contributed by atoms with van der Waals surface area (Å²) in [5.41, 5.74) is 6.99. The number of nitrogens with two attached hydrogens (primary N) is 1. The number of anilines is 3. The van der Waals surface area contributed by atoms with E-state index in [-0.39, 0.29) is 28.8 Å². The van der Waals surface area contributed by atoms with Gasteiger partial charge in [-0.25, -0.2) is 4.98 Å². The van der Waals surface area contributed by atoms with Gasteiger partial charge in [0.2, 0.25) is 5.88 Å². The topological polar surface area (TPSA) is 149 Å². The van der Waals surface area contributed by atoms with E-state index >= 15 is 0 Å². The fourth-order valence-electron chi connectivity index (χ4n) is 3.35. The number of hydrogen-bond donors (Lipinski definition) is 3. The molecule has 4 rings (SSSR count). The van der Waals surface area contributed by atoms with Crippen LogP contribution in [0.1, 0.15) is 10.5 Å². The first kappa shape index (κ1) is 22.4. The molecule has 2 aromatic carbocycles. The lowest BCUT2D eigenvalue weighted by Crippen LogP contribution is -2.43. The predicted molar refractivity (Wildman–Crippen MR) is 126 cm³/mol. The Morgan fingerprint density at radius 2 is 2.03 bits per heavy atom. The third-order valence-corrected chi connectivity index (χ3v) is 5.54. The van der Waals surface area contributed by atoms with Crippen molar-refractivity contribution in [2.75, 3.05) is 36.4 Å². The third kappa shape index (κ3) is 5.35. The third-order valence-electron chi connectivity index (χ3n) is 4.90. The SMILES string of the molecule is NC(=O)c1ncc(Oc2cccc([N+](=O)[O-])c2)nc1Nc1ccc(N2CCNCC2)c(Br)c1. The van der Waals surface area contributed by atoms with Crippen LogP contribution in [0.15, 0.2) is 53.1 Å². The molecule has 0 unspecified atom stereocenters. The molecule has 11 nitrogen and oxygen atoms in total. The molecule has 0 bridgehead atoms. The minimum atomic E-state index is -0.761. The van der Waals surface area contributed by atoms with Gasteiger partial charge in [-0.15, -0.1) is 0 Å². The quantitative estimate of drug-likeness (QED) is 0.319. The molecule has 1 fully saturated rings. The molecule has 1 aromatic heterocycles. The summed E-state index contributed by atoms with van der Waals surface area (Å²) in [6.45, 7) is 3.64. The number of rotatable bonds is 7. The Morgan fingerprint density at radius 1 is 1.24 bits per heavy atom. The number of aromatic nitrogens is 2. The molecule has 1 amide bonds. The van der Waals surface area contributed by atoms with Crippen molar-refractivity contribution in [3.05, 3.63) is 68.9 Å². The Labute approximate surface area is 197 Å². The highest BCUT2D eigenvalue weighted by atomic mass is 79.9. The van der Waals surface area contributed by atoms with Crippen LogP contribution in [0, 0.1) is 10.1 Å². The van der Waals surface area contributed by atoms with Gasteiger partial charge >= 0.3 is 0 Å². The van der Waals surface area contributed by atoms with E-state index in [0.29, 0.717) is 5.69 Å². The molecular formula is C21H20BrN7O4. The van der Waals surface area contributed by atoms with E-state index in [1.165, 1.54) is 24.4 Å². The fourth-order valence-corrected chi connectivity index (χ4v) is 3.98. The fraction of sp³-hybridized carbons (Fsp3) is 0.190. The average Bonchev–Trinajstić information content (AvgIpc) is 2.80. The average molecular weight is 514 g/mol. The second kappa shape index (κ2) is 9.79. The maximum absolute atomic E-state index is 11.9. The molecule has 2 heterocycles. The van der Waals surface area contributed by atoms with Gasteiger partial charge in [0.15, 0.2) is 11.5 Å². The van der Waals surface area contributed by atoms with Gasteiger partial charge in [-0.05, 0) is 40.2 Å². The van der Waals surface area contributed by atoms with E-state index in [1.807, 2.05) is 18.2 Å². The summed E-state index contributed by atoms with van der Waals surface area (Å²) in [6, 6.07) is 11.4. The van der Waals surface area contributed by atoms with Crippen LogP contribution < -0.4 is 26.0 Å². The number of nitro groups is 1. The van der Waals surface area contributed by atoms with Crippen LogP contribution in [0.5, 0.6) is 11.6 Å². The lowest BCUT2D eigenvalue weighted by Gasteiger charge is -2.30. The van der Waals surface area contributed by atoms with Gasteiger partial charge in [0.05, 0.1) is 22.9 Å². The maximum atomic E-state index is 11.9. The van der Waals surface area contributed by atoms with Gasteiger partial charge in [-0.2, -0.15) is 4.98 Å². The van der Waals surface area contributed by atoms with Crippen molar-refractivity contribution >= 4 is 44.7 Å². The smallest absolute Gasteiger partial charge is 0.273 e. The first-order valence-corrected chi connectivity index (χ1v) is 10.8. The molecule has 33 heavy (non-hydrogen) atoms. The number of nitrogens with zero attached hydrogens (tertiary/aromatic N) is 4. The standard InChI is InChI=1S/C21H20BrN7O4/c22-16-10-13(4-5-17(16)28-8-6-24-7-9-28)26-21-19(20(23)30)25-12-18(27-21)33-15-3-1-2-14(11-15)29(31)32/h1-5,10-12,24H,6-9H2,(H2,23,30)(H,26,27). The van der Waals surface area contributed by atoms with Gasteiger partial charge in [-0.1, -0.05) is 6.07 Å². The molecule has 0 atom stereocenters. The number of hydrogen-bond acceptors (Lipinski definition) is 9. The zero-order chi connectivity index (χ0) is 23.4. The van der Waals surface area contributed by atoms with Crippen molar-refractivity contribution in [1.29, 1.82) is 0 Å². The molecule has 0 aliphatic carbocycles. The van der Waals surface area contributed by atoms with Crippen molar-refractivity contribution in [2.24, 2.45) is 5.73 Å². The summed E-state index contributed by atoms with van der Waals surface area (Å²) in [5.74, 6) is -0.408. The van der Waals surface area contributed by atoms with Crippen molar-refractivity contribution in [3.8, 4) is 11.6 Å².